The van der Waals surface area contributed by atoms with Gasteiger partial charge in [0.05, 0.1) is 7.11 Å². The number of hydrogen-bond acceptors (Lipinski definition) is 3. The number of benzene rings is 1. The molecule has 1 N–H and O–H groups in total. The Balaban J connectivity index is 2.25. The maximum atomic E-state index is 11.1. The van der Waals surface area contributed by atoms with Gasteiger partial charge < -0.3 is 10.1 Å². The molecule has 106 valence electrons. The van der Waals surface area contributed by atoms with Gasteiger partial charge in [-0.05, 0) is 49.9 Å². The van der Waals surface area contributed by atoms with E-state index in [1.54, 1.807) is 0 Å². The fraction of sp³-hybridized carbons (Fsp3) is 0.562. The second-order valence-electron chi connectivity index (χ2n) is 4.75. The number of rotatable bonds is 9. The molecule has 0 bridgehead atoms. The number of carbonyl (C=O) groups excluding carboxylic acids is 1. The lowest BCUT2D eigenvalue weighted by Gasteiger charge is -2.05. The maximum Gasteiger partial charge on any atom is 0.305 e. The summed E-state index contributed by atoms with van der Waals surface area (Å²) in [6, 6.07) is 8.54. The maximum absolute atomic E-state index is 11.1. The van der Waals surface area contributed by atoms with Crippen molar-refractivity contribution in [2.45, 2.75) is 39.0 Å². The van der Waals surface area contributed by atoms with Gasteiger partial charge in [0.2, 0.25) is 0 Å². The lowest BCUT2D eigenvalue weighted by molar-refractivity contribution is -0.140. The molecule has 0 saturated heterocycles. The number of methoxy groups -OCH3 is 1. The Morgan fingerprint density at radius 2 is 1.74 bits per heavy atom. The van der Waals surface area contributed by atoms with Crippen LogP contribution in [0.3, 0.4) is 0 Å². The minimum absolute atomic E-state index is 0.147. The quantitative estimate of drug-likeness (QED) is 0.550. The monoisotopic (exact) mass is 263 g/mol. The average Bonchev–Trinajstić information content (AvgIpc) is 2.45. The molecule has 0 atom stereocenters. The fourth-order valence-electron chi connectivity index (χ4n) is 1.94. The van der Waals surface area contributed by atoms with E-state index in [1.165, 1.54) is 31.1 Å². The highest BCUT2D eigenvalue weighted by Crippen LogP contribution is 2.09. The lowest BCUT2D eigenvalue weighted by atomic mass is 10.0. The predicted molar refractivity (Wildman–Crippen MR) is 78.3 cm³/mol. The Hall–Kier alpha value is -1.35. The van der Waals surface area contributed by atoms with Crippen LogP contribution in [0.15, 0.2) is 24.3 Å². The predicted octanol–water partition coefficient (Wildman–Crippen LogP) is 2.72. The van der Waals surface area contributed by atoms with Crippen LogP contribution >= 0.6 is 0 Å². The first-order valence-corrected chi connectivity index (χ1v) is 7.11. The van der Waals surface area contributed by atoms with Crippen LogP contribution in [0.5, 0.6) is 0 Å². The third-order valence-corrected chi connectivity index (χ3v) is 3.11. The summed E-state index contributed by atoms with van der Waals surface area (Å²) >= 11 is 0. The molecule has 1 rings (SSSR count). The van der Waals surface area contributed by atoms with Crippen LogP contribution in [0.2, 0.25) is 0 Å². The molecule has 0 aliphatic carbocycles. The summed E-state index contributed by atoms with van der Waals surface area (Å²) in [5.74, 6) is -0.147. The van der Waals surface area contributed by atoms with Gasteiger partial charge in [-0.15, -0.1) is 0 Å². The van der Waals surface area contributed by atoms with Gasteiger partial charge in [0.25, 0.3) is 0 Å². The van der Waals surface area contributed by atoms with Crippen LogP contribution < -0.4 is 5.32 Å². The van der Waals surface area contributed by atoms with E-state index in [-0.39, 0.29) is 5.97 Å². The molecular formula is C16H25NO2. The zero-order valence-corrected chi connectivity index (χ0v) is 12.1. The number of carbonyl (C=O) groups is 1. The molecule has 1 aromatic carbocycles. The van der Waals surface area contributed by atoms with Crippen molar-refractivity contribution in [2.24, 2.45) is 0 Å². The number of hydrogen-bond donors (Lipinski definition) is 1. The molecule has 0 unspecified atom stereocenters. The molecule has 19 heavy (non-hydrogen) atoms. The first kappa shape index (κ1) is 15.7. The summed E-state index contributed by atoms with van der Waals surface area (Å²) < 4.78 is 4.64. The van der Waals surface area contributed by atoms with Crippen LogP contribution in [0.25, 0.3) is 0 Å². The van der Waals surface area contributed by atoms with Crippen molar-refractivity contribution >= 4 is 5.97 Å². The van der Waals surface area contributed by atoms with Crippen molar-refractivity contribution in [3.63, 3.8) is 0 Å². The fourth-order valence-corrected chi connectivity index (χ4v) is 1.94. The molecule has 0 aliphatic heterocycles. The van der Waals surface area contributed by atoms with Crippen molar-refractivity contribution in [2.75, 3.05) is 20.2 Å². The Morgan fingerprint density at radius 1 is 1.11 bits per heavy atom. The van der Waals surface area contributed by atoms with Gasteiger partial charge >= 0.3 is 5.97 Å². The minimum Gasteiger partial charge on any atom is -0.469 e. The van der Waals surface area contributed by atoms with Crippen molar-refractivity contribution in [1.29, 1.82) is 0 Å². The largest absolute Gasteiger partial charge is 0.469 e. The first-order chi connectivity index (χ1) is 9.26. The van der Waals surface area contributed by atoms with Crippen LogP contribution in [0.4, 0.5) is 0 Å². The molecule has 0 aliphatic rings. The zero-order valence-electron chi connectivity index (χ0n) is 12.1. The van der Waals surface area contributed by atoms with E-state index in [9.17, 15) is 4.79 Å². The Bertz CT molecular complexity index is 360. The van der Waals surface area contributed by atoms with E-state index < -0.39 is 0 Å². The lowest BCUT2D eigenvalue weighted by Crippen LogP contribution is -2.16. The van der Waals surface area contributed by atoms with Crippen molar-refractivity contribution in [3.8, 4) is 0 Å². The van der Waals surface area contributed by atoms with Gasteiger partial charge in [-0.2, -0.15) is 0 Å². The van der Waals surface area contributed by atoms with E-state index >= 15 is 0 Å². The molecule has 1 aromatic rings. The van der Waals surface area contributed by atoms with Crippen LogP contribution in [0.1, 0.15) is 37.3 Å². The molecule has 0 fully saturated rings. The summed E-state index contributed by atoms with van der Waals surface area (Å²) in [5, 5.41) is 3.40. The second kappa shape index (κ2) is 9.56. The van der Waals surface area contributed by atoms with E-state index in [1.807, 2.05) is 0 Å². The first-order valence-electron chi connectivity index (χ1n) is 7.11. The van der Waals surface area contributed by atoms with E-state index in [2.05, 4.69) is 41.2 Å². The third-order valence-electron chi connectivity index (χ3n) is 3.11. The van der Waals surface area contributed by atoms with E-state index in [0.717, 1.165) is 25.9 Å². The number of esters is 1. The minimum atomic E-state index is -0.147. The average molecular weight is 263 g/mol. The molecule has 3 nitrogen and oxygen atoms in total. The molecule has 0 aromatic heterocycles. The number of aryl methyl sites for hydroxylation is 2. The van der Waals surface area contributed by atoms with Gasteiger partial charge in [0, 0.05) is 6.42 Å². The Labute approximate surface area is 116 Å². The summed E-state index contributed by atoms with van der Waals surface area (Å²) in [7, 11) is 1.43. The van der Waals surface area contributed by atoms with Crippen LogP contribution in [-0.2, 0) is 22.4 Å². The Kier molecular flexibility index (Phi) is 7.91. The standard InChI is InChI=1S/C16H25NO2/c1-3-12-17-13-4-5-14-6-8-15(9-7-14)10-11-16(18)19-2/h6-9,17H,3-5,10-13H2,1-2H3. The number of nitrogens with one attached hydrogen (secondary N) is 1. The topological polar surface area (TPSA) is 38.3 Å². The summed E-state index contributed by atoms with van der Waals surface area (Å²) in [4.78, 5) is 11.1. The molecule has 0 saturated carbocycles. The second-order valence-corrected chi connectivity index (χ2v) is 4.75. The molecule has 0 spiro atoms. The van der Waals surface area contributed by atoms with Gasteiger partial charge in [-0.3, -0.25) is 4.79 Å². The molecule has 0 amide bonds. The van der Waals surface area contributed by atoms with Gasteiger partial charge in [-0.25, -0.2) is 0 Å². The van der Waals surface area contributed by atoms with Crippen LogP contribution in [-0.4, -0.2) is 26.2 Å². The molecular weight excluding hydrogens is 238 g/mol. The normalized spacial score (nSPS) is 10.4. The van der Waals surface area contributed by atoms with Gasteiger partial charge in [-0.1, -0.05) is 31.2 Å². The highest BCUT2D eigenvalue weighted by molar-refractivity contribution is 5.69. The van der Waals surface area contributed by atoms with Crippen LogP contribution in [0, 0.1) is 0 Å². The SMILES string of the molecule is CCCNCCCc1ccc(CCC(=O)OC)cc1. The number of ether oxygens (including phenoxy) is 1. The summed E-state index contributed by atoms with van der Waals surface area (Å²) in [6.45, 7) is 4.37. The molecule has 3 heteroatoms. The van der Waals surface area contributed by atoms with Crippen molar-refractivity contribution in [1.82, 2.24) is 5.32 Å². The van der Waals surface area contributed by atoms with Gasteiger partial charge in [0.1, 0.15) is 0 Å². The third kappa shape index (κ3) is 6.97. The van der Waals surface area contributed by atoms with Gasteiger partial charge in [0.15, 0.2) is 0 Å². The highest BCUT2D eigenvalue weighted by atomic mass is 16.5. The molecule has 0 heterocycles. The molecule has 0 radical (unpaired) electrons. The Morgan fingerprint density at radius 3 is 2.32 bits per heavy atom. The zero-order chi connectivity index (χ0) is 13.9. The van der Waals surface area contributed by atoms with E-state index in [0.29, 0.717) is 6.42 Å². The van der Waals surface area contributed by atoms with Crippen molar-refractivity contribution in [3.05, 3.63) is 35.4 Å². The van der Waals surface area contributed by atoms with E-state index in [4.69, 9.17) is 0 Å². The highest BCUT2D eigenvalue weighted by Gasteiger charge is 2.01. The smallest absolute Gasteiger partial charge is 0.305 e. The summed E-state index contributed by atoms with van der Waals surface area (Å²) in [5.41, 5.74) is 2.55. The van der Waals surface area contributed by atoms with Crippen molar-refractivity contribution < 1.29 is 9.53 Å². The summed E-state index contributed by atoms with van der Waals surface area (Å²) in [6.07, 6.45) is 4.67.